The Kier molecular flexibility index (Phi) is 4.28. The predicted octanol–water partition coefficient (Wildman–Crippen LogP) is 2.11. The summed E-state index contributed by atoms with van der Waals surface area (Å²) in [6.45, 7) is 3.56. The standard InChI is InChI=1S/C15H20N4O2/c1-15(2,21)11-18(3)14(20)17-12-7-4-5-8-13(12)19-10-6-9-16-19/h4-10,21H,11H2,1-3H3,(H,17,20). The first kappa shape index (κ1) is 15.1. The van der Waals surface area contributed by atoms with Crippen molar-refractivity contribution in [2.75, 3.05) is 18.9 Å². The molecule has 0 unspecified atom stereocenters. The van der Waals surface area contributed by atoms with Crippen molar-refractivity contribution in [3.63, 3.8) is 0 Å². The van der Waals surface area contributed by atoms with Crippen LogP contribution in [0.15, 0.2) is 42.7 Å². The number of carbonyl (C=O) groups excluding carboxylic acids is 1. The zero-order valence-electron chi connectivity index (χ0n) is 12.4. The smallest absolute Gasteiger partial charge is 0.321 e. The molecule has 0 saturated carbocycles. The number of nitrogens with one attached hydrogen (secondary N) is 1. The van der Waals surface area contributed by atoms with Crippen molar-refractivity contribution in [1.82, 2.24) is 14.7 Å². The van der Waals surface area contributed by atoms with Gasteiger partial charge in [-0.05, 0) is 32.0 Å². The predicted molar refractivity (Wildman–Crippen MR) is 81.5 cm³/mol. The molecule has 2 amide bonds. The molecule has 2 aromatic rings. The molecule has 0 spiro atoms. The average molecular weight is 288 g/mol. The quantitative estimate of drug-likeness (QED) is 0.905. The first-order valence-corrected chi connectivity index (χ1v) is 6.70. The van der Waals surface area contributed by atoms with Gasteiger partial charge in [0, 0.05) is 19.4 Å². The Bertz CT molecular complexity index is 602. The molecule has 1 aromatic heterocycles. The molecule has 0 atom stereocenters. The van der Waals surface area contributed by atoms with Crippen molar-refractivity contribution < 1.29 is 9.90 Å². The van der Waals surface area contributed by atoms with Gasteiger partial charge in [-0.1, -0.05) is 12.1 Å². The third-order valence-electron chi connectivity index (χ3n) is 2.87. The molecule has 6 heteroatoms. The van der Waals surface area contributed by atoms with E-state index in [1.54, 1.807) is 31.8 Å². The van der Waals surface area contributed by atoms with Gasteiger partial charge in [0.15, 0.2) is 0 Å². The number of urea groups is 1. The highest BCUT2D eigenvalue weighted by molar-refractivity contribution is 5.91. The summed E-state index contributed by atoms with van der Waals surface area (Å²) in [6, 6.07) is 8.95. The Balaban J connectivity index is 2.15. The van der Waals surface area contributed by atoms with Crippen molar-refractivity contribution in [2.45, 2.75) is 19.4 Å². The first-order chi connectivity index (χ1) is 9.87. The van der Waals surface area contributed by atoms with Crippen molar-refractivity contribution in [3.8, 4) is 5.69 Å². The minimum Gasteiger partial charge on any atom is -0.389 e. The molecule has 0 bridgehead atoms. The molecule has 0 fully saturated rings. The average Bonchev–Trinajstić information content (AvgIpc) is 2.91. The topological polar surface area (TPSA) is 70.4 Å². The number of amides is 2. The Labute approximate surface area is 124 Å². The number of rotatable bonds is 4. The largest absolute Gasteiger partial charge is 0.389 e. The SMILES string of the molecule is CN(CC(C)(C)O)C(=O)Nc1ccccc1-n1cccn1. The van der Waals surface area contributed by atoms with Gasteiger partial charge in [0.2, 0.25) is 0 Å². The molecule has 112 valence electrons. The van der Waals surface area contributed by atoms with Crippen LogP contribution in [0.3, 0.4) is 0 Å². The summed E-state index contributed by atoms with van der Waals surface area (Å²) < 4.78 is 1.69. The summed E-state index contributed by atoms with van der Waals surface area (Å²) in [5.41, 5.74) is 0.509. The van der Waals surface area contributed by atoms with Crippen LogP contribution in [0.5, 0.6) is 0 Å². The van der Waals surface area contributed by atoms with E-state index < -0.39 is 5.60 Å². The van der Waals surface area contributed by atoms with Crippen LogP contribution in [0, 0.1) is 0 Å². The maximum absolute atomic E-state index is 12.2. The van der Waals surface area contributed by atoms with E-state index in [9.17, 15) is 9.90 Å². The summed E-state index contributed by atoms with van der Waals surface area (Å²) in [4.78, 5) is 13.6. The van der Waals surface area contributed by atoms with Crippen LogP contribution >= 0.6 is 0 Å². The Hall–Kier alpha value is -2.34. The van der Waals surface area contributed by atoms with E-state index in [4.69, 9.17) is 0 Å². The number of benzene rings is 1. The van der Waals surface area contributed by atoms with E-state index in [0.29, 0.717) is 5.69 Å². The van der Waals surface area contributed by atoms with Crippen LogP contribution in [0.25, 0.3) is 5.69 Å². The zero-order chi connectivity index (χ0) is 15.5. The van der Waals surface area contributed by atoms with Crippen LogP contribution in [-0.2, 0) is 0 Å². The van der Waals surface area contributed by atoms with Crippen LogP contribution in [0.1, 0.15) is 13.8 Å². The third kappa shape index (κ3) is 4.06. The maximum Gasteiger partial charge on any atom is 0.321 e. The van der Waals surface area contributed by atoms with Gasteiger partial charge in [-0.3, -0.25) is 0 Å². The zero-order valence-corrected chi connectivity index (χ0v) is 12.4. The second-order valence-electron chi connectivity index (χ2n) is 5.57. The fourth-order valence-corrected chi connectivity index (χ4v) is 2.05. The highest BCUT2D eigenvalue weighted by Gasteiger charge is 2.20. The van der Waals surface area contributed by atoms with E-state index in [2.05, 4.69) is 10.4 Å². The highest BCUT2D eigenvalue weighted by atomic mass is 16.3. The van der Waals surface area contributed by atoms with E-state index >= 15 is 0 Å². The van der Waals surface area contributed by atoms with Crippen molar-refractivity contribution in [1.29, 1.82) is 0 Å². The fourth-order valence-electron chi connectivity index (χ4n) is 2.05. The maximum atomic E-state index is 12.2. The fraction of sp³-hybridized carbons (Fsp3) is 0.333. The molecule has 0 radical (unpaired) electrons. The molecule has 1 aromatic carbocycles. The summed E-state index contributed by atoms with van der Waals surface area (Å²) in [5, 5.41) is 16.8. The number of nitrogens with zero attached hydrogens (tertiary/aromatic N) is 3. The molecule has 0 aliphatic carbocycles. The number of para-hydroxylation sites is 2. The van der Waals surface area contributed by atoms with E-state index in [1.165, 1.54) is 4.90 Å². The lowest BCUT2D eigenvalue weighted by molar-refractivity contribution is 0.0550. The number of aromatic nitrogens is 2. The van der Waals surface area contributed by atoms with Gasteiger partial charge in [0.1, 0.15) is 0 Å². The molecule has 21 heavy (non-hydrogen) atoms. The molecular weight excluding hydrogens is 268 g/mol. The number of carbonyl (C=O) groups is 1. The van der Waals surface area contributed by atoms with Crippen LogP contribution in [0.4, 0.5) is 10.5 Å². The third-order valence-corrected chi connectivity index (χ3v) is 2.87. The lowest BCUT2D eigenvalue weighted by Gasteiger charge is -2.26. The summed E-state index contributed by atoms with van der Waals surface area (Å²) in [5.74, 6) is 0. The van der Waals surface area contributed by atoms with Gasteiger partial charge in [0.25, 0.3) is 0 Å². The number of likely N-dealkylation sites (N-methyl/N-ethyl adjacent to an activating group) is 1. The van der Waals surface area contributed by atoms with Crippen LogP contribution in [-0.4, -0.2) is 45.0 Å². The Morgan fingerprint density at radius 1 is 1.38 bits per heavy atom. The van der Waals surface area contributed by atoms with Crippen LogP contribution in [0.2, 0.25) is 0 Å². The Morgan fingerprint density at radius 3 is 2.71 bits per heavy atom. The van der Waals surface area contributed by atoms with Crippen LogP contribution < -0.4 is 5.32 Å². The number of hydrogen-bond donors (Lipinski definition) is 2. The van der Waals surface area contributed by atoms with E-state index in [1.807, 2.05) is 36.5 Å². The summed E-state index contributed by atoms with van der Waals surface area (Å²) in [7, 11) is 1.64. The van der Waals surface area contributed by atoms with Gasteiger partial charge >= 0.3 is 6.03 Å². The monoisotopic (exact) mass is 288 g/mol. The van der Waals surface area contributed by atoms with Crippen molar-refractivity contribution in [3.05, 3.63) is 42.7 Å². The van der Waals surface area contributed by atoms with Crippen molar-refractivity contribution >= 4 is 11.7 Å². The van der Waals surface area contributed by atoms with Gasteiger partial charge in [0.05, 0.1) is 23.5 Å². The lowest BCUT2D eigenvalue weighted by Crippen LogP contribution is -2.41. The van der Waals surface area contributed by atoms with Gasteiger partial charge < -0.3 is 15.3 Å². The summed E-state index contributed by atoms with van der Waals surface area (Å²) >= 11 is 0. The molecule has 0 aliphatic rings. The number of hydrogen-bond acceptors (Lipinski definition) is 3. The minimum atomic E-state index is -0.937. The first-order valence-electron chi connectivity index (χ1n) is 6.70. The molecule has 0 aliphatic heterocycles. The molecule has 0 saturated heterocycles. The van der Waals surface area contributed by atoms with Gasteiger partial charge in [-0.25, -0.2) is 9.48 Å². The second-order valence-corrected chi connectivity index (χ2v) is 5.57. The normalized spacial score (nSPS) is 11.2. The molecule has 6 nitrogen and oxygen atoms in total. The van der Waals surface area contributed by atoms with Crippen molar-refractivity contribution in [2.24, 2.45) is 0 Å². The van der Waals surface area contributed by atoms with E-state index in [-0.39, 0.29) is 12.6 Å². The number of anilines is 1. The van der Waals surface area contributed by atoms with Gasteiger partial charge in [-0.15, -0.1) is 0 Å². The lowest BCUT2D eigenvalue weighted by atomic mass is 10.1. The second kappa shape index (κ2) is 5.97. The Morgan fingerprint density at radius 2 is 2.10 bits per heavy atom. The van der Waals surface area contributed by atoms with E-state index in [0.717, 1.165) is 5.69 Å². The summed E-state index contributed by atoms with van der Waals surface area (Å²) in [6.07, 6.45) is 3.49. The number of aliphatic hydroxyl groups is 1. The minimum absolute atomic E-state index is 0.239. The molecule has 2 N–H and O–H groups in total. The molecule has 2 rings (SSSR count). The highest BCUT2D eigenvalue weighted by Crippen LogP contribution is 2.19. The molecule has 1 heterocycles. The van der Waals surface area contributed by atoms with Gasteiger partial charge in [-0.2, -0.15) is 5.10 Å². The molecular formula is C15H20N4O2.